The van der Waals surface area contributed by atoms with Gasteiger partial charge in [-0.05, 0) is 30.9 Å². The Kier molecular flexibility index (Phi) is 2.67. The van der Waals surface area contributed by atoms with Gasteiger partial charge in [0.1, 0.15) is 0 Å². The maximum Gasteiger partial charge on any atom is 0.0898 e. The highest BCUT2D eigenvalue weighted by molar-refractivity contribution is 7.10. The van der Waals surface area contributed by atoms with Gasteiger partial charge in [-0.15, -0.1) is 22.7 Å². The summed E-state index contributed by atoms with van der Waals surface area (Å²) in [5.41, 5.74) is 8.30. The molecule has 2 aromatic heterocycles. The van der Waals surface area contributed by atoms with Crippen LogP contribution < -0.4 is 5.73 Å². The van der Waals surface area contributed by atoms with Crippen LogP contribution in [0.1, 0.15) is 27.2 Å². The Morgan fingerprint density at radius 2 is 2.14 bits per heavy atom. The zero-order chi connectivity index (χ0) is 10.1. The van der Waals surface area contributed by atoms with Gasteiger partial charge in [0, 0.05) is 10.3 Å². The molecule has 0 aliphatic rings. The van der Waals surface area contributed by atoms with E-state index in [1.165, 1.54) is 10.4 Å². The van der Waals surface area contributed by atoms with Gasteiger partial charge in [0.15, 0.2) is 0 Å². The predicted molar refractivity (Wildman–Crippen MR) is 61.9 cm³/mol. The molecule has 1 unspecified atom stereocenters. The van der Waals surface area contributed by atoms with Crippen molar-refractivity contribution in [2.45, 2.75) is 19.9 Å². The fourth-order valence-electron chi connectivity index (χ4n) is 1.40. The molecule has 1 atom stereocenters. The number of aromatic nitrogens is 1. The SMILES string of the molecule is Cc1nc(C(N)c2ccsc2C)cs1. The molecule has 4 heteroatoms. The standard InChI is InChI=1S/C10H12N2S2/c1-6-8(3-4-13-6)10(11)9-5-14-7(2)12-9/h3-5,10H,11H2,1-2H3. The molecular weight excluding hydrogens is 212 g/mol. The van der Waals surface area contributed by atoms with Gasteiger partial charge in [0.25, 0.3) is 0 Å². The molecule has 2 aromatic rings. The normalized spacial score (nSPS) is 13.1. The number of thiazole rings is 1. The Bertz CT molecular complexity index is 431. The van der Waals surface area contributed by atoms with Crippen molar-refractivity contribution in [1.29, 1.82) is 0 Å². The van der Waals surface area contributed by atoms with Crippen molar-refractivity contribution in [2.75, 3.05) is 0 Å². The van der Waals surface area contributed by atoms with Gasteiger partial charge >= 0.3 is 0 Å². The van der Waals surface area contributed by atoms with Crippen LogP contribution in [0.25, 0.3) is 0 Å². The highest BCUT2D eigenvalue weighted by Gasteiger charge is 2.14. The van der Waals surface area contributed by atoms with Crippen LogP contribution in [0.15, 0.2) is 16.8 Å². The third-order valence-corrected chi connectivity index (χ3v) is 3.84. The lowest BCUT2D eigenvalue weighted by atomic mass is 10.1. The molecule has 0 saturated heterocycles. The first-order chi connectivity index (χ1) is 6.68. The highest BCUT2D eigenvalue weighted by Crippen LogP contribution is 2.26. The van der Waals surface area contributed by atoms with Crippen molar-refractivity contribution in [3.8, 4) is 0 Å². The molecule has 2 N–H and O–H groups in total. The summed E-state index contributed by atoms with van der Waals surface area (Å²) in [5.74, 6) is 0. The van der Waals surface area contributed by atoms with Crippen molar-refractivity contribution >= 4 is 22.7 Å². The lowest BCUT2D eigenvalue weighted by molar-refractivity contribution is 0.833. The van der Waals surface area contributed by atoms with Crippen LogP contribution in [0.2, 0.25) is 0 Å². The minimum Gasteiger partial charge on any atom is -0.319 e. The van der Waals surface area contributed by atoms with E-state index < -0.39 is 0 Å². The number of thiophene rings is 1. The monoisotopic (exact) mass is 224 g/mol. The first-order valence-corrected chi connectivity index (χ1v) is 6.16. The molecule has 2 heterocycles. The van der Waals surface area contributed by atoms with Crippen LogP contribution in [0.4, 0.5) is 0 Å². The van der Waals surface area contributed by atoms with Crippen LogP contribution in [0.5, 0.6) is 0 Å². The summed E-state index contributed by atoms with van der Waals surface area (Å²) in [6.07, 6.45) is 0. The van der Waals surface area contributed by atoms with E-state index in [0.717, 1.165) is 10.7 Å². The number of hydrogen-bond acceptors (Lipinski definition) is 4. The van der Waals surface area contributed by atoms with Crippen LogP contribution in [-0.4, -0.2) is 4.98 Å². The van der Waals surface area contributed by atoms with E-state index in [9.17, 15) is 0 Å². The van der Waals surface area contributed by atoms with E-state index in [0.29, 0.717) is 0 Å². The van der Waals surface area contributed by atoms with Crippen molar-refractivity contribution in [3.05, 3.63) is 38.0 Å². The number of aryl methyl sites for hydroxylation is 2. The molecule has 2 nitrogen and oxygen atoms in total. The highest BCUT2D eigenvalue weighted by atomic mass is 32.1. The Balaban J connectivity index is 2.33. The van der Waals surface area contributed by atoms with E-state index in [-0.39, 0.29) is 6.04 Å². The summed E-state index contributed by atoms with van der Waals surface area (Å²) in [6, 6.07) is 2.02. The third-order valence-electron chi connectivity index (χ3n) is 2.19. The van der Waals surface area contributed by atoms with Gasteiger partial charge in [0.05, 0.1) is 16.7 Å². The lowest BCUT2D eigenvalue weighted by Crippen LogP contribution is -2.12. The van der Waals surface area contributed by atoms with E-state index in [4.69, 9.17) is 5.73 Å². The summed E-state index contributed by atoms with van der Waals surface area (Å²) >= 11 is 3.38. The van der Waals surface area contributed by atoms with E-state index in [2.05, 4.69) is 23.4 Å². The number of rotatable bonds is 2. The second-order valence-corrected chi connectivity index (χ2v) is 5.38. The van der Waals surface area contributed by atoms with Crippen LogP contribution in [0.3, 0.4) is 0 Å². The van der Waals surface area contributed by atoms with E-state index in [1.54, 1.807) is 22.7 Å². The Morgan fingerprint density at radius 1 is 1.36 bits per heavy atom. The van der Waals surface area contributed by atoms with Gasteiger partial charge < -0.3 is 5.73 Å². The van der Waals surface area contributed by atoms with E-state index in [1.807, 2.05) is 12.3 Å². The average Bonchev–Trinajstić information content (AvgIpc) is 2.73. The lowest BCUT2D eigenvalue weighted by Gasteiger charge is -2.07. The first kappa shape index (κ1) is 9.83. The fourth-order valence-corrected chi connectivity index (χ4v) is 2.80. The first-order valence-electron chi connectivity index (χ1n) is 4.40. The molecule has 2 rings (SSSR count). The molecular formula is C10H12N2S2. The molecule has 0 aliphatic heterocycles. The maximum absolute atomic E-state index is 6.13. The fraction of sp³-hybridized carbons (Fsp3) is 0.300. The molecule has 0 bridgehead atoms. The van der Waals surface area contributed by atoms with Crippen LogP contribution in [-0.2, 0) is 0 Å². The summed E-state index contributed by atoms with van der Waals surface area (Å²) in [5, 5.41) is 5.18. The molecule has 14 heavy (non-hydrogen) atoms. The summed E-state index contributed by atoms with van der Waals surface area (Å²) in [4.78, 5) is 5.69. The summed E-state index contributed by atoms with van der Waals surface area (Å²) < 4.78 is 0. The van der Waals surface area contributed by atoms with Crippen molar-refractivity contribution in [3.63, 3.8) is 0 Å². The molecule has 0 aliphatic carbocycles. The smallest absolute Gasteiger partial charge is 0.0898 e. The van der Waals surface area contributed by atoms with Crippen molar-refractivity contribution in [2.24, 2.45) is 5.73 Å². The molecule has 0 saturated carbocycles. The zero-order valence-electron chi connectivity index (χ0n) is 8.15. The summed E-state index contributed by atoms with van der Waals surface area (Å²) in [7, 11) is 0. The molecule has 0 aromatic carbocycles. The molecule has 74 valence electrons. The predicted octanol–water partition coefficient (Wildman–Crippen LogP) is 2.87. The zero-order valence-corrected chi connectivity index (χ0v) is 9.78. The number of hydrogen-bond donors (Lipinski definition) is 1. The number of nitrogens with zero attached hydrogens (tertiary/aromatic N) is 1. The topological polar surface area (TPSA) is 38.9 Å². The Labute approximate surface area is 91.4 Å². The summed E-state index contributed by atoms with van der Waals surface area (Å²) in [6.45, 7) is 4.10. The Hall–Kier alpha value is -0.710. The van der Waals surface area contributed by atoms with Crippen molar-refractivity contribution < 1.29 is 0 Å². The molecule has 0 fully saturated rings. The van der Waals surface area contributed by atoms with Gasteiger partial charge in [-0.2, -0.15) is 0 Å². The molecule has 0 radical (unpaired) electrons. The Morgan fingerprint density at radius 3 is 2.64 bits per heavy atom. The van der Waals surface area contributed by atoms with Crippen LogP contribution >= 0.6 is 22.7 Å². The third kappa shape index (κ3) is 1.73. The minimum absolute atomic E-state index is 0.0637. The van der Waals surface area contributed by atoms with Gasteiger partial charge in [-0.1, -0.05) is 0 Å². The molecule has 0 spiro atoms. The number of nitrogens with two attached hydrogens (primary N) is 1. The van der Waals surface area contributed by atoms with E-state index >= 15 is 0 Å². The average molecular weight is 224 g/mol. The van der Waals surface area contributed by atoms with Crippen LogP contribution in [0, 0.1) is 13.8 Å². The largest absolute Gasteiger partial charge is 0.319 e. The second kappa shape index (κ2) is 3.81. The van der Waals surface area contributed by atoms with Crippen molar-refractivity contribution in [1.82, 2.24) is 4.98 Å². The second-order valence-electron chi connectivity index (χ2n) is 3.20. The van der Waals surface area contributed by atoms with Gasteiger partial charge in [-0.3, -0.25) is 0 Å². The molecule has 0 amide bonds. The quantitative estimate of drug-likeness (QED) is 0.852. The van der Waals surface area contributed by atoms with Gasteiger partial charge in [0.2, 0.25) is 0 Å². The maximum atomic E-state index is 6.13. The van der Waals surface area contributed by atoms with Gasteiger partial charge in [-0.25, -0.2) is 4.98 Å². The minimum atomic E-state index is -0.0637.